The van der Waals surface area contributed by atoms with E-state index in [2.05, 4.69) is 27.0 Å². The molecule has 5 rings (SSSR count). The second-order valence-corrected chi connectivity index (χ2v) is 11.9. The number of ether oxygens (including phenoxy) is 5. The second-order valence-electron chi connectivity index (χ2n) is 10.0. The Labute approximate surface area is 277 Å². The van der Waals surface area contributed by atoms with Gasteiger partial charge in [-0.05, 0) is 61.4 Å². The van der Waals surface area contributed by atoms with Crippen molar-refractivity contribution in [2.24, 2.45) is 4.99 Å². The minimum Gasteiger partial charge on any atom is -0.493 e. The van der Waals surface area contributed by atoms with Crippen molar-refractivity contribution in [3.8, 4) is 29.1 Å². The number of nitrogens with zero attached hydrogens (tertiary/aromatic N) is 3. The lowest BCUT2D eigenvalue weighted by Crippen LogP contribution is -2.40. The Bertz CT molecular complexity index is 2060. The highest BCUT2D eigenvalue weighted by Crippen LogP contribution is 2.41. The van der Waals surface area contributed by atoms with E-state index >= 15 is 0 Å². The standard InChI is InChI=1S/C34H30BrN3O7S/c1-6-44-33(40)29-19(2)37-34-38(30(29)23-15-26(42-4)27(43-5)16-24(23)35)32(39)28(46-34)14-22-8-7-9-25(41-3)31(22)45-18-21-12-10-20(17-36)11-13-21/h7-16,30H,6,18H2,1-5H3/b28-14-/t30-/m1/s1. The Morgan fingerprint density at radius 1 is 1.07 bits per heavy atom. The van der Waals surface area contributed by atoms with Crippen molar-refractivity contribution in [2.75, 3.05) is 27.9 Å². The summed E-state index contributed by atoms with van der Waals surface area (Å²) in [7, 11) is 4.59. The first kappa shape index (κ1) is 32.5. The summed E-state index contributed by atoms with van der Waals surface area (Å²) < 4.78 is 30.7. The largest absolute Gasteiger partial charge is 0.493 e. The maximum Gasteiger partial charge on any atom is 0.338 e. The molecule has 46 heavy (non-hydrogen) atoms. The number of para-hydroxylation sites is 1. The Morgan fingerprint density at radius 3 is 2.41 bits per heavy atom. The number of thiazole rings is 1. The Hall–Kier alpha value is -4.86. The highest BCUT2D eigenvalue weighted by atomic mass is 79.9. The van der Waals surface area contributed by atoms with Crippen molar-refractivity contribution in [3.05, 3.63) is 112 Å². The summed E-state index contributed by atoms with van der Waals surface area (Å²) in [6.07, 6.45) is 1.73. The zero-order chi connectivity index (χ0) is 33.0. The molecule has 1 aliphatic rings. The Balaban J connectivity index is 1.67. The number of benzene rings is 3. The zero-order valence-electron chi connectivity index (χ0n) is 25.8. The molecule has 0 unspecified atom stereocenters. The number of halogens is 1. The van der Waals surface area contributed by atoms with Gasteiger partial charge in [-0.25, -0.2) is 9.79 Å². The Morgan fingerprint density at radius 2 is 1.76 bits per heavy atom. The predicted octanol–water partition coefficient (Wildman–Crippen LogP) is 5.04. The summed E-state index contributed by atoms with van der Waals surface area (Å²) >= 11 is 4.82. The topological polar surface area (TPSA) is 121 Å². The number of hydrogen-bond donors (Lipinski definition) is 0. The second kappa shape index (κ2) is 14.1. The molecule has 0 bridgehead atoms. The van der Waals surface area contributed by atoms with Crippen LogP contribution >= 0.6 is 27.3 Å². The number of carbonyl (C=O) groups excluding carboxylic acids is 1. The van der Waals surface area contributed by atoms with Crippen LogP contribution in [0.5, 0.6) is 23.0 Å². The smallest absolute Gasteiger partial charge is 0.338 e. The predicted molar refractivity (Wildman–Crippen MR) is 176 cm³/mol. The van der Waals surface area contributed by atoms with Crippen LogP contribution in [0.4, 0.5) is 0 Å². The van der Waals surface area contributed by atoms with Crippen molar-refractivity contribution < 1.29 is 28.5 Å². The molecular weight excluding hydrogens is 674 g/mol. The molecule has 0 amide bonds. The minimum absolute atomic E-state index is 0.154. The monoisotopic (exact) mass is 703 g/mol. The van der Waals surface area contributed by atoms with Gasteiger partial charge in [0.15, 0.2) is 27.8 Å². The van der Waals surface area contributed by atoms with Gasteiger partial charge in [-0.1, -0.05) is 51.5 Å². The van der Waals surface area contributed by atoms with Crippen molar-refractivity contribution in [2.45, 2.75) is 26.5 Å². The fraction of sp³-hybridized carbons (Fsp3) is 0.235. The van der Waals surface area contributed by atoms with E-state index in [1.165, 1.54) is 30.1 Å². The molecule has 236 valence electrons. The quantitative estimate of drug-likeness (QED) is 0.211. The van der Waals surface area contributed by atoms with Crippen LogP contribution in [0.15, 0.2) is 80.1 Å². The average Bonchev–Trinajstić information content (AvgIpc) is 3.37. The molecule has 0 spiro atoms. The number of methoxy groups -OCH3 is 3. The van der Waals surface area contributed by atoms with Gasteiger partial charge < -0.3 is 23.7 Å². The van der Waals surface area contributed by atoms with Crippen LogP contribution in [0.1, 0.15) is 42.1 Å². The molecule has 1 aliphatic heterocycles. The number of hydrogen-bond acceptors (Lipinski definition) is 10. The van der Waals surface area contributed by atoms with E-state index in [1.54, 1.807) is 57.4 Å². The van der Waals surface area contributed by atoms with Crippen LogP contribution in [0, 0.1) is 11.3 Å². The van der Waals surface area contributed by atoms with E-state index in [0.717, 1.165) is 5.56 Å². The molecule has 12 heteroatoms. The summed E-state index contributed by atoms with van der Waals surface area (Å²) in [5, 5.41) is 9.11. The van der Waals surface area contributed by atoms with Gasteiger partial charge in [-0.2, -0.15) is 5.26 Å². The molecular formula is C34H30BrN3O7S. The van der Waals surface area contributed by atoms with Gasteiger partial charge in [-0.15, -0.1) is 0 Å². The van der Waals surface area contributed by atoms with Crippen LogP contribution in [0.25, 0.3) is 6.08 Å². The first-order chi connectivity index (χ1) is 22.2. The molecule has 4 aromatic rings. The Kier molecular flexibility index (Phi) is 9.94. The maximum atomic E-state index is 14.3. The van der Waals surface area contributed by atoms with E-state index in [-0.39, 0.29) is 24.3 Å². The third-order valence-corrected chi connectivity index (χ3v) is 8.97. The van der Waals surface area contributed by atoms with E-state index in [1.807, 2.05) is 24.3 Å². The van der Waals surface area contributed by atoms with E-state index in [4.69, 9.17) is 28.9 Å². The number of esters is 1. The molecule has 1 aromatic heterocycles. The van der Waals surface area contributed by atoms with Crippen LogP contribution in [0.2, 0.25) is 0 Å². The molecule has 0 saturated carbocycles. The highest BCUT2D eigenvalue weighted by Gasteiger charge is 2.35. The van der Waals surface area contributed by atoms with E-state index < -0.39 is 12.0 Å². The summed E-state index contributed by atoms with van der Waals surface area (Å²) in [6.45, 7) is 3.81. The molecule has 2 heterocycles. The number of nitriles is 1. The SMILES string of the molecule is CCOC(=O)C1=C(C)N=c2s/c(=C\c3cccc(OC)c3OCc3ccc(C#N)cc3)c(=O)n2[C@@H]1c1cc(OC)c(OC)cc1Br. The lowest BCUT2D eigenvalue weighted by atomic mass is 9.95. The molecule has 1 atom stereocenters. The van der Waals surface area contributed by atoms with Crippen molar-refractivity contribution in [1.82, 2.24) is 4.57 Å². The zero-order valence-corrected chi connectivity index (χ0v) is 28.2. The van der Waals surface area contributed by atoms with Gasteiger partial charge in [0.2, 0.25) is 0 Å². The normalized spacial score (nSPS) is 14.2. The van der Waals surface area contributed by atoms with Gasteiger partial charge in [0, 0.05) is 10.0 Å². The molecule has 0 fully saturated rings. The maximum absolute atomic E-state index is 14.3. The van der Waals surface area contributed by atoms with Gasteiger partial charge in [0.1, 0.15) is 6.61 Å². The molecule has 0 saturated heterocycles. The summed E-state index contributed by atoms with van der Waals surface area (Å²) in [5.74, 6) is 1.28. The van der Waals surface area contributed by atoms with Gasteiger partial charge in [0.05, 0.1) is 61.4 Å². The van der Waals surface area contributed by atoms with Crippen LogP contribution < -0.4 is 33.8 Å². The number of carbonyl (C=O) groups is 1. The van der Waals surface area contributed by atoms with Gasteiger partial charge >= 0.3 is 5.97 Å². The summed E-state index contributed by atoms with van der Waals surface area (Å²) in [4.78, 5) is 32.7. The van der Waals surface area contributed by atoms with Crippen LogP contribution in [-0.4, -0.2) is 38.5 Å². The third-order valence-electron chi connectivity index (χ3n) is 7.30. The lowest BCUT2D eigenvalue weighted by Gasteiger charge is -2.26. The fourth-order valence-corrected chi connectivity index (χ4v) is 6.68. The number of fused-ring (bicyclic) bond motifs is 1. The summed E-state index contributed by atoms with van der Waals surface area (Å²) in [5.41, 5.74) is 2.94. The van der Waals surface area contributed by atoms with Crippen LogP contribution in [-0.2, 0) is 16.1 Å². The van der Waals surface area contributed by atoms with Crippen molar-refractivity contribution in [1.29, 1.82) is 5.26 Å². The number of aromatic nitrogens is 1. The van der Waals surface area contributed by atoms with Gasteiger partial charge in [-0.3, -0.25) is 9.36 Å². The average molecular weight is 705 g/mol. The summed E-state index contributed by atoms with van der Waals surface area (Å²) in [6, 6.07) is 17.2. The molecule has 0 N–H and O–H groups in total. The fourth-order valence-electron chi connectivity index (χ4n) is 5.10. The van der Waals surface area contributed by atoms with E-state index in [9.17, 15) is 9.59 Å². The number of rotatable bonds is 10. The number of allylic oxidation sites excluding steroid dienone is 1. The van der Waals surface area contributed by atoms with Crippen LogP contribution in [0.3, 0.4) is 0 Å². The first-order valence-corrected chi connectivity index (χ1v) is 15.7. The molecule has 3 aromatic carbocycles. The van der Waals surface area contributed by atoms with E-state index in [0.29, 0.717) is 59.2 Å². The van der Waals surface area contributed by atoms with Crippen molar-refractivity contribution in [3.63, 3.8) is 0 Å². The van der Waals surface area contributed by atoms with Crippen molar-refractivity contribution >= 4 is 39.3 Å². The lowest BCUT2D eigenvalue weighted by molar-refractivity contribution is -0.139. The highest BCUT2D eigenvalue weighted by molar-refractivity contribution is 9.10. The minimum atomic E-state index is -0.871. The molecule has 0 aliphatic carbocycles. The van der Waals surface area contributed by atoms with Gasteiger partial charge in [0.25, 0.3) is 5.56 Å². The third kappa shape index (κ3) is 6.29. The molecule has 10 nitrogen and oxygen atoms in total. The molecule has 0 radical (unpaired) electrons. The first-order valence-electron chi connectivity index (χ1n) is 14.1.